The Hall–Kier alpha value is -3.84. The quantitative estimate of drug-likeness (QED) is 0.429. The number of pyridine rings is 1. The first-order chi connectivity index (χ1) is 16.1. The van der Waals surface area contributed by atoms with Gasteiger partial charge in [0.2, 0.25) is 0 Å². The lowest BCUT2D eigenvalue weighted by Crippen LogP contribution is -2.24. The highest BCUT2D eigenvalue weighted by atomic mass is 16.2. The van der Waals surface area contributed by atoms with Crippen LogP contribution in [-0.4, -0.2) is 44.4 Å². The highest BCUT2D eigenvalue weighted by Crippen LogP contribution is 2.24. The number of aryl methyl sites for hydroxylation is 1. The standard InChI is InChI=1S/C26H28N6O/c1-20-6-3-4-9-24(20)23-8-5-7-22(16-23)18-31(2)14-15-32-19-25(29-30-32)26(33)28-17-21-10-12-27-13-11-21/h3-13,16,19H,14-15,17-18H2,1-2H3,(H,28,33). The van der Waals surface area contributed by atoms with E-state index in [2.05, 4.69) is 88.0 Å². The first-order valence-electron chi connectivity index (χ1n) is 11.0. The Bertz CT molecular complexity index is 1200. The van der Waals surface area contributed by atoms with Crippen LogP contribution in [0.25, 0.3) is 11.1 Å². The Kier molecular flexibility index (Phi) is 7.22. The van der Waals surface area contributed by atoms with Gasteiger partial charge in [0.15, 0.2) is 5.69 Å². The molecule has 0 aliphatic heterocycles. The van der Waals surface area contributed by atoms with Gasteiger partial charge in [-0.1, -0.05) is 47.7 Å². The molecular weight excluding hydrogens is 412 g/mol. The highest BCUT2D eigenvalue weighted by molar-refractivity contribution is 5.91. The number of rotatable bonds is 9. The van der Waals surface area contributed by atoms with Gasteiger partial charge in [-0.25, -0.2) is 0 Å². The molecule has 0 saturated heterocycles. The summed E-state index contributed by atoms with van der Waals surface area (Å²) in [6.45, 7) is 4.83. The third-order valence-corrected chi connectivity index (χ3v) is 5.52. The molecule has 4 rings (SSSR count). The molecule has 168 valence electrons. The van der Waals surface area contributed by atoms with Crippen molar-refractivity contribution in [2.75, 3.05) is 13.6 Å². The summed E-state index contributed by atoms with van der Waals surface area (Å²) in [7, 11) is 2.08. The smallest absolute Gasteiger partial charge is 0.273 e. The van der Waals surface area contributed by atoms with Gasteiger partial charge in [0, 0.05) is 32.0 Å². The van der Waals surface area contributed by atoms with Crippen LogP contribution in [0.15, 0.2) is 79.3 Å². The summed E-state index contributed by atoms with van der Waals surface area (Å²) in [4.78, 5) is 18.5. The predicted molar refractivity (Wildman–Crippen MR) is 128 cm³/mol. The molecule has 2 aromatic heterocycles. The number of carbonyl (C=O) groups is 1. The first kappa shape index (κ1) is 22.4. The number of amides is 1. The molecule has 0 aliphatic rings. The Labute approximate surface area is 194 Å². The summed E-state index contributed by atoms with van der Waals surface area (Å²) in [6, 6.07) is 20.8. The van der Waals surface area contributed by atoms with Crippen LogP contribution in [0.4, 0.5) is 0 Å². The van der Waals surface area contributed by atoms with E-state index in [4.69, 9.17) is 0 Å². The van der Waals surface area contributed by atoms with E-state index in [1.807, 2.05) is 12.1 Å². The zero-order valence-corrected chi connectivity index (χ0v) is 19.0. The van der Waals surface area contributed by atoms with Crippen molar-refractivity contribution in [1.29, 1.82) is 0 Å². The molecule has 2 aromatic carbocycles. The van der Waals surface area contributed by atoms with Crippen LogP contribution in [-0.2, 0) is 19.6 Å². The maximum absolute atomic E-state index is 12.3. The van der Waals surface area contributed by atoms with E-state index in [-0.39, 0.29) is 5.91 Å². The van der Waals surface area contributed by atoms with Gasteiger partial charge in [-0.3, -0.25) is 14.5 Å². The van der Waals surface area contributed by atoms with Gasteiger partial charge in [0.25, 0.3) is 5.91 Å². The van der Waals surface area contributed by atoms with E-state index in [0.29, 0.717) is 18.8 Å². The number of aromatic nitrogens is 4. The fourth-order valence-electron chi connectivity index (χ4n) is 3.68. The minimum Gasteiger partial charge on any atom is -0.347 e. The molecule has 0 radical (unpaired) electrons. The van der Waals surface area contributed by atoms with Gasteiger partial charge in [-0.15, -0.1) is 5.10 Å². The zero-order valence-electron chi connectivity index (χ0n) is 19.0. The second-order valence-electron chi connectivity index (χ2n) is 8.16. The zero-order chi connectivity index (χ0) is 23.0. The Morgan fingerprint density at radius 3 is 2.67 bits per heavy atom. The molecule has 0 bridgehead atoms. The summed E-state index contributed by atoms with van der Waals surface area (Å²) < 4.78 is 1.71. The molecule has 1 amide bonds. The van der Waals surface area contributed by atoms with Crippen LogP contribution in [0.5, 0.6) is 0 Å². The average Bonchev–Trinajstić information content (AvgIpc) is 3.32. The van der Waals surface area contributed by atoms with Crippen molar-refractivity contribution in [2.45, 2.75) is 26.6 Å². The monoisotopic (exact) mass is 440 g/mol. The number of nitrogens with zero attached hydrogens (tertiary/aromatic N) is 5. The molecule has 0 unspecified atom stereocenters. The predicted octanol–water partition coefficient (Wildman–Crippen LogP) is 3.71. The average molecular weight is 441 g/mol. The second-order valence-corrected chi connectivity index (χ2v) is 8.16. The fraction of sp³-hybridized carbons (Fsp3) is 0.231. The summed E-state index contributed by atoms with van der Waals surface area (Å²) >= 11 is 0. The minimum atomic E-state index is -0.237. The van der Waals surface area contributed by atoms with Gasteiger partial charge in [-0.05, 0) is 60.0 Å². The lowest BCUT2D eigenvalue weighted by atomic mass is 9.99. The third kappa shape index (κ3) is 6.11. The summed E-state index contributed by atoms with van der Waals surface area (Å²) in [5.41, 5.74) is 6.33. The topological polar surface area (TPSA) is 75.9 Å². The molecule has 0 aliphatic carbocycles. The van der Waals surface area contributed by atoms with Crippen molar-refractivity contribution < 1.29 is 4.79 Å². The fourth-order valence-corrected chi connectivity index (χ4v) is 3.68. The Morgan fingerprint density at radius 1 is 1.03 bits per heavy atom. The largest absolute Gasteiger partial charge is 0.347 e. The van der Waals surface area contributed by atoms with E-state index in [1.54, 1.807) is 23.3 Å². The van der Waals surface area contributed by atoms with Crippen molar-refractivity contribution in [2.24, 2.45) is 0 Å². The van der Waals surface area contributed by atoms with Crippen LogP contribution >= 0.6 is 0 Å². The highest BCUT2D eigenvalue weighted by Gasteiger charge is 2.11. The van der Waals surface area contributed by atoms with Crippen molar-refractivity contribution in [1.82, 2.24) is 30.2 Å². The molecule has 0 spiro atoms. The van der Waals surface area contributed by atoms with Gasteiger partial charge < -0.3 is 10.2 Å². The molecule has 2 heterocycles. The SMILES string of the molecule is Cc1ccccc1-c1cccc(CN(C)CCn2cc(C(=O)NCc3ccncc3)nn2)c1. The molecule has 7 nitrogen and oxygen atoms in total. The van der Waals surface area contributed by atoms with Gasteiger partial charge >= 0.3 is 0 Å². The van der Waals surface area contributed by atoms with Crippen molar-refractivity contribution in [3.63, 3.8) is 0 Å². The molecule has 0 fully saturated rings. The number of benzene rings is 2. The van der Waals surface area contributed by atoms with Crippen LogP contribution < -0.4 is 5.32 Å². The van der Waals surface area contributed by atoms with Crippen LogP contribution in [0.1, 0.15) is 27.2 Å². The van der Waals surface area contributed by atoms with Crippen molar-refractivity contribution >= 4 is 5.91 Å². The molecule has 7 heteroatoms. The van der Waals surface area contributed by atoms with Crippen LogP contribution in [0, 0.1) is 6.92 Å². The van der Waals surface area contributed by atoms with E-state index < -0.39 is 0 Å². The van der Waals surface area contributed by atoms with Crippen molar-refractivity contribution in [3.05, 3.63) is 102 Å². The summed E-state index contributed by atoms with van der Waals surface area (Å²) in [5, 5.41) is 11.0. The number of hydrogen-bond acceptors (Lipinski definition) is 5. The first-order valence-corrected chi connectivity index (χ1v) is 11.0. The summed E-state index contributed by atoms with van der Waals surface area (Å²) in [5.74, 6) is -0.237. The van der Waals surface area contributed by atoms with Crippen molar-refractivity contribution in [3.8, 4) is 11.1 Å². The number of hydrogen-bond donors (Lipinski definition) is 1. The van der Waals surface area contributed by atoms with E-state index in [0.717, 1.165) is 18.7 Å². The molecule has 33 heavy (non-hydrogen) atoms. The lowest BCUT2D eigenvalue weighted by Gasteiger charge is -2.17. The van der Waals surface area contributed by atoms with Crippen LogP contribution in [0.3, 0.4) is 0 Å². The molecule has 4 aromatic rings. The van der Waals surface area contributed by atoms with Crippen LogP contribution in [0.2, 0.25) is 0 Å². The second kappa shape index (κ2) is 10.7. The normalized spacial score (nSPS) is 11.0. The molecule has 1 N–H and O–H groups in total. The van der Waals surface area contributed by atoms with E-state index >= 15 is 0 Å². The number of nitrogens with one attached hydrogen (secondary N) is 1. The van der Waals surface area contributed by atoms with E-state index in [1.165, 1.54) is 22.3 Å². The summed E-state index contributed by atoms with van der Waals surface area (Å²) in [6.07, 6.45) is 5.09. The minimum absolute atomic E-state index is 0.237. The molecule has 0 atom stereocenters. The van der Waals surface area contributed by atoms with Gasteiger partial charge in [0.1, 0.15) is 0 Å². The molecule has 0 saturated carbocycles. The number of carbonyl (C=O) groups excluding carboxylic acids is 1. The maximum Gasteiger partial charge on any atom is 0.273 e. The van der Waals surface area contributed by atoms with Gasteiger partial charge in [-0.2, -0.15) is 0 Å². The Balaban J connectivity index is 1.29. The maximum atomic E-state index is 12.3. The third-order valence-electron chi connectivity index (χ3n) is 5.52. The van der Waals surface area contributed by atoms with Gasteiger partial charge in [0.05, 0.1) is 12.7 Å². The van der Waals surface area contributed by atoms with E-state index in [9.17, 15) is 4.79 Å². The molecular formula is C26H28N6O. The number of likely N-dealkylation sites (N-methyl/N-ethyl adjacent to an activating group) is 1. The Morgan fingerprint density at radius 2 is 1.85 bits per heavy atom. The lowest BCUT2D eigenvalue weighted by molar-refractivity contribution is 0.0946.